The zero-order chi connectivity index (χ0) is 17.0. The highest BCUT2D eigenvalue weighted by Gasteiger charge is 2.17. The number of hydrogen-bond acceptors (Lipinski definition) is 6. The molecule has 122 valence electrons. The van der Waals surface area contributed by atoms with Gasteiger partial charge in [0.05, 0.1) is 24.8 Å². The number of carboxylic acid groups (broad SMARTS) is 1. The molecule has 0 atom stereocenters. The Morgan fingerprint density at radius 2 is 2.30 bits per heavy atom. The first-order valence-corrected chi connectivity index (χ1v) is 6.83. The molecule has 0 aliphatic rings. The number of hydrogen-bond donors (Lipinski definition) is 3. The number of pyridine rings is 2. The molecule has 2 heterocycles. The topological polar surface area (TPSA) is 117 Å². The van der Waals surface area contributed by atoms with Gasteiger partial charge in [0.15, 0.2) is 5.82 Å². The Labute approximate surface area is 129 Å². The van der Waals surface area contributed by atoms with E-state index in [1.54, 1.807) is 6.92 Å². The second kappa shape index (κ2) is 6.97. The molecule has 8 nitrogen and oxygen atoms in total. The molecular formula is C14H15FN4O4. The van der Waals surface area contributed by atoms with Crippen molar-refractivity contribution in [3.8, 4) is 0 Å². The summed E-state index contributed by atoms with van der Waals surface area (Å²) in [5, 5.41) is 21.3. The predicted molar refractivity (Wildman–Crippen MR) is 81.3 cm³/mol. The van der Waals surface area contributed by atoms with E-state index in [1.165, 1.54) is 10.8 Å². The third kappa shape index (κ3) is 3.34. The minimum Gasteiger partial charge on any atom is -0.477 e. The number of rotatable bonds is 6. The quantitative estimate of drug-likeness (QED) is 0.396. The Morgan fingerprint density at radius 1 is 1.57 bits per heavy atom. The van der Waals surface area contributed by atoms with Crippen LogP contribution < -0.4 is 10.9 Å². The van der Waals surface area contributed by atoms with E-state index in [0.29, 0.717) is 6.54 Å². The zero-order valence-corrected chi connectivity index (χ0v) is 12.3. The van der Waals surface area contributed by atoms with Crippen molar-refractivity contribution in [3.05, 3.63) is 39.6 Å². The lowest BCUT2D eigenvalue weighted by Crippen LogP contribution is -2.20. The minimum atomic E-state index is -1.38. The van der Waals surface area contributed by atoms with Crippen LogP contribution in [0.2, 0.25) is 0 Å². The first-order chi connectivity index (χ1) is 11.0. The number of halogens is 1. The number of aliphatic hydroxyl groups is 1. The van der Waals surface area contributed by atoms with Crippen molar-refractivity contribution in [1.29, 1.82) is 0 Å². The molecule has 0 bridgehead atoms. The molecule has 2 aromatic heterocycles. The number of nitrogens with one attached hydrogen (secondary N) is 1. The molecule has 23 heavy (non-hydrogen) atoms. The number of nitrogens with zero attached hydrogens (tertiary/aromatic N) is 3. The van der Waals surface area contributed by atoms with E-state index in [1.807, 2.05) is 0 Å². The SMILES string of the molecule is CCn1cc(C(=O)O)c(=O)c2cc(F)c(/C=N/NCCO)nc21. The van der Waals surface area contributed by atoms with Crippen LogP contribution in [0.15, 0.2) is 22.2 Å². The number of fused-ring (bicyclic) bond motifs is 1. The molecular weight excluding hydrogens is 307 g/mol. The lowest BCUT2D eigenvalue weighted by molar-refractivity contribution is 0.0695. The fraction of sp³-hybridized carbons (Fsp3) is 0.286. The third-order valence-electron chi connectivity index (χ3n) is 3.10. The van der Waals surface area contributed by atoms with Crippen molar-refractivity contribution in [2.45, 2.75) is 13.5 Å². The Hall–Kier alpha value is -2.81. The molecule has 0 radical (unpaired) electrons. The largest absolute Gasteiger partial charge is 0.477 e. The van der Waals surface area contributed by atoms with Gasteiger partial charge >= 0.3 is 5.97 Å². The maximum absolute atomic E-state index is 14.1. The summed E-state index contributed by atoms with van der Waals surface area (Å²) in [6, 6.07) is 0.955. The minimum absolute atomic E-state index is 0.104. The van der Waals surface area contributed by atoms with Crippen molar-refractivity contribution in [1.82, 2.24) is 15.0 Å². The number of carbonyl (C=O) groups is 1. The van der Waals surface area contributed by atoms with E-state index < -0.39 is 22.8 Å². The van der Waals surface area contributed by atoms with Crippen LogP contribution in [0.5, 0.6) is 0 Å². The van der Waals surface area contributed by atoms with Crippen LogP contribution in [0, 0.1) is 5.82 Å². The van der Waals surface area contributed by atoms with Crippen LogP contribution in [-0.4, -0.2) is 45.1 Å². The van der Waals surface area contributed by atoms with Crippen LogP contribution in [-0.2, 0) is 6.54 Å². The van der Waals surface area contributed by atoms with E-state index in [4.69, 9.17) is 10.2 Å². The van der Waals surface area contributed by atoms with Gasteiger partial charge in [-0.15, -0.1) is 0 Å². The van der Waals surface area contributed by atoms with Crippen molar-refractivity contribution >= 4 is 23.2 Å². The zero-order valence-electron chi connectivity index (χ0n) is 12.3. The smallest absolute Gasteiger partial charge is 0.341 e. The standard InChI is InChI=1S/C14H15FN4O4/c1-2-19-7-9(14(22)23)12(21)8-5-10(15)11(18-13(8)19)6-17-16-3-4-20/h5-7,16,20H,2-4H2,1H3,(H,22,23)/b17-6+. The summed E-state index contributed by atoms with van der Waals surface area (Å²) in [4.78, 5) is 27.3. The van der Waals surface area contributed by atoms with E-state index in [9.17, 15) is 14.0 Å². The fourth-order valence-corrected chi connectivity index (χ4v) is 2.00. The van der Waals surface area contributed by atoms with Gasteiger partial charge in [0, 0.05) is 12.7 Å². The lowest BCUT2D eigenvalue weighted by atomic mass is 10.1. The molecule has 2 rings (SSSR count). The van der Waals surface area contributed by atoms with Crippen molar-refractivity contribution in [2.24, 2.45) is 5.10 Å². The number of aryl methyl sites for hydroxylation is 1. The van der Waals surface area contributed by atoms with Crippen LogP contribution in [0.4, 0.5) is 4.39 Å². The fourth-order valence-electron chi connectivity index (χ4n) is 2.00. The Bertz CT molecular complexity index is 832. The predicted octanol–water partition coefficient (Wildman–Crippen LogP) is 0.170. The average Bonchev–Trinajstić information content (AvgIpc) is 2.52. The molecule has 0 aliphatic carbocycles. The summed E-state index contributed by atoms with van der Waals surface area (Å²) in [5.41, 5.74) is 1.33. The highest BCUT2D eigenvalue weighted by atomic mass is 19.1. The van der Waals surface area contributed by atoms with E-state index in [0.717, 1.165) is 12.3 Å². The second-order valence-electron chi connectivity index (χ2n) is 4.58. The molecule has 0 aromatic carbocycles. The Kier molecular flexibility index (Phi) is 5.02. The van der Waals surface area contributed by atoms with E-state index >= 15 is 0 Å². The van der Waals surface area contributed by atoms with Gasteiger partial charge in [-0.2, -0.15) is 5.10 Å². The van der Waals surface area contributed by atoms with Crippen molar-refractivity contribution < 1.29 is 19.4 Å². The summed E-state index contributed by atoms with van der Waals surface area (Å²) in [7, 11) is 0. The summed E-state index contributed by atoms with van der Waals surface area (Å²) < 4.78 is 15.5. The van der Waals surface area contributed by atoms with E-state index in [2.05, 4.69) is 15.5 Å². The average molecular weight is 322 g/mol. The van der Waals surface area contributed by atoms with Gasteiger partial charge in [-0.05, 0) is 13.0 Å². The van der Waals surface area contributed by atoms with Crippen LogP contribution in [0.1, 0.15) is 23.0 Å². The van der Waals surface area contributed by atoms with Crippen LogP contribution in [0.3, 0.4) is 0 Å². The molecule has 9 heteroatoms. The number of aliphatic hydroxyl groups excluding tert-OH is 1. The number of hydrazone groups is 1. The van der Waals surface area contributed by atoms with Crippen molar-refractivity contribution in [2.75, 3.05) is 13.2 Å². The molecule has 0 spiro atoms. The molecule has 0 amide bonds. The first kappa shape index (κ1) is 16.6. The van der Waals surface area contributed by atoms with Gasteiger partial charge in [0.1, 0.15) is 16.9 Å². The number of aromatic carboxylic acids is 1. The van der Waals surface area contributed by atoms with Crippen molar-refractivity contribution in [3.63, 3.8) is 0 Å². The summed E-state index contributed by atoms with van der Waals surface area (Å²) in [5.74, 6) is -2.17. The van der Waals surface area contributed by atoms with Gasteiger partial charge in [0.2, 0.25) is 5.43 Å². The Balaban J connectivity index is 2.63. The maximum atomic E-state index is 14.1. The highest BCUT2D eigenvalue weighted by molar-refractivity contribution is 5.92. The number of aromatic nitrogens is 2. The van der Waals surface area contributed by atoms with Gasteiger partial charge in [-0.1, -0.05) is 0 Å². The molecule has 0 saturated heterocycles. The lowest BCUT2D eigenvalue weighted by Gasteiger charge is -2.10. The number of carboxylic acids is 1. The maximum Gasteiger partial charge on any atom is 0.341 e. The summed E-state index contributed by atoms with van der Waals surface area (Å²) in [6.07, 6.45) is 2.31. The molecule has 0 unspecified atom stereocenters. The second-order valence-corrected chi connectivity index (χ2v) is 4.58. The first-order valence-electron chi connectivity index (χ1n) is 6.83. The molecule has 0 fully saturated rings. The third-order valence-corrected chi connectivity index (χ3v) is 3.10. The monoisotopic (exact) mass is 322 g/mol. The highest BCUT2D eigenvalue weighted by Crippen LogP contribution is 2.14. The summed E-state index contributed by atoms with van der Waals surface area (Å²) >= 11 is 0. The molecule has 0 saturated carbocycles. The van der Waals surface area contributed by atoms with Gasteiger partial charge in [-0.25, -0.2) is 14.2 Å². The van der Waals surface area contributed by atoms with Crippen LogP contribution >= 0.6 is 0 Å². The van der Waals surface area contributed by atoms with E-state index in [-0.39, 0.29) is 29.9 Å². The molecule has 0 aliphatic heterocycles. The summed E-state index contributed by atoms with van der Waals surface area (Å²) in [6.45, 7) is 2.18. The normalized spacial score (nSPS) is 11.3. The Morgan fingerprint density at radius 3 is 2.91 bits per heavy atom. The van der Waals surface area contributed by atoms with Crippen LogP contribution in [0.25, 0.3) is 11.0 Å². The molecule has 3 N–H and O–H groups in total. The molecule has 2 aromatic rings. The van der Waals surface area contributed by atoms with Gasteiger partial charge < -0.3 is 20.2 Å². The van der Waals surface area contributed by atoms with Gasteiger partial charge in [0.25, 0.3) is 0 Å². The van der Waals surface area contributed by atoms with Gasteiger partial charge in [-0.3, -0.25) is 4.79 Å².